The van der Waals surface area contributed by atoms with Crippen molar-refractivity contribution in [3.05, 3.63) is 88.2 Å². The molecule has 0 saturated carbocycles. The first kappa shape index (κ1) is 20.5. The summed E-state index contributed by atoms with van der Waals surface area (Å²) in [6, 6.07) is 20.1. The number of hydrogen-bond acceptors (Lipinski definition) is 6. The zero-order chi connectivity index (χ0) is 21.8. The highest BCUT2D eigenvalue weighted by molar-refractivity contribution is 7.14. The highest BCUT2D eigenvalue weighted by atomic mass is 32.1. The topological polar surface area (TPSA) is 77.3 Å². The third-order valence-electron chi connectivity index (χ3n) is 4.62. The third kappa shape index (κ3) is 4.39. The summed E-state index contributed by atoms with van der Waals surface area (Å²) in [5, 5.41) is 6.80. The van der Waals surface area contributed by atoms with Gasteiger partial charge in [0, 0.05) is 23.9 Å². The molecule has 2 aromatic carbocycles. The van der Waals surface area contributed by atoms with E-state index in [1.807, 2.05) is 47.8 Å². The summed E-state index contributed by atoms with van der Waals surface area (Å²) in [6.45, 7) is 1.68. The maximum Gasteiger partial charge on any atom is 0.267 e. The van der Waals surface area contributed by atoms with Gasteiger partial charge in [0.1, 0.15) is 5.75 Å². The smallest absolute Gasteiger partial charge is 0.267 e. The minimum Gasteiger partial charge on any atom is -0.495 e. The first-order valence-electron chi connectivity index (χ1n) is 9.58. The van der Waals surface area contributed by atoms with Gasteiger partial charge in [0.25, 0.3) is 5.56 Å². The van der Waals surface area contributed by atoms with E-state index < -0.39 is 0 Å². The molecule has 0 fully saturated rings. The van der Waals surface area contributed by atoms with Gasteiger partial charge in [-0.2, -0.15) is 5.10 Å². The van der Waals surface area contributed by atoms with Crippen LogP contribution in [0.25, 0.3) is 11.3 Å². The molecule has 1 amide bonds. The van der Waals surface area contributed by atoms with Gasteiger partial charge >= 0.3 is 0 Å². The Hall–Kier alpha value is -3.78. The number of ether oxygens (including phenoxy) is 1. The fourth-order valence-electron chi connectivity index (χ4n) is 3.17. The van der Waals surface area contributed by atoms with E-state index in [1.165, 1.54) is 33.9 Å². The fraction of sp³-hybridized carbons (Fsp3) is 0.130. The number of aromatic nitrogens is 3. The summed E-state index contributed by atoms with van der Waals surface area (Å²) >= 11 is 1.32. The maximum atomic E-state index is 12.4. The highest BCUT2D eigenvalue weighted by Crippen LogP contribution is 2.35. The van der Waals surface area contributed by atoms with Crippen molar-refractivity contribution < 1.29 is 9.53 Å². The quantitative estimate of drug-likeness (QED) is 0.458. The van der Waals surface area contributed by atoms with Crippen LogP contribution in [0, 0.1) is 0 Å². The Labute approximate surface area is 183 Å². The molecular weight excluding hydrogens is 412 g/mol. The standard InChI is InChI=1S/C23H20N4O3S/c1-16(28)27(20-10-6-7-11-21(20)30-2)23-24-18(15-31-23)14-26-22(29)13-12-19(25-26)17-8-4-3-5-9-17/h3-13,15H,14H2,1-2H3. The third-order valence-corrected chi connectivity index (χ3v) is 5.49. The molecule has 2 heterocycles. The van der Waals surface area contributed by atoms with Crippen LogP contribution in [0.5, 0.6) is 5.75 Å². The van der Waals surface area contributed by atoms with Crippen LogP contribution in [0.2, 0.25) is 0 Å². The molecule has 0 radical (unpaired) electrons. The molecule has 0 unspecified atom stereocenters. The van der Waals surface area contributed by atoms with Crippen LogP contribution in [0.1, 0.15) is 12.6 Å². The molecule has 0 N–H and O–H groups in total. The molecule has 0 bridgehead atoms. The monoisotopic (exact) mass is 432 g/mol. The highest BCUT2D eigenvalue weighted by Gasteiger charge is 2.21. The van der Waals surface area contributed by atoms with E-state index in [0.717, 1.165) is 5.56 Å². The minimum atomic E-state index is -0.220. The summed E-state index contributed by atoms with van der Waals surface area (Å²) in [5.74, 6) is 0.384. The number of hydrogen-bond donors (Lipinski definition) is 0. The molecule has 0 atom stereocenters. The van der Waals surface area contributed by atoms with E-state index in [2.05, 4.69) is 10.1 Å². The summed E-state index contributed by atoms with van der Waals surface area (Å²) in [4.78, 5) is 30.9. The molecule has 31 heavy (non-hydrogen) atoms. The molecule has 7 nitrogen and oxygen atoms in total. The molecule has 156 valence electrons. The average Bonchev–Trinajstić information content (AvgIpc) is 3.24. The van der Waals surface area contributed by atoms with Crippen LogP contribution in [-0.2, 0) is 11.3 Å². The van der Waals surface area contributed by atoms with Gasteiger partial charge in [0.15, 0.2) is 5.13 Å². The Morgan fingerprint density at radius 1 is 1.06 bits per heavy atom. The van der Waals surface area contributed by atoms with Crippen LogP contribution in [0.3, 0.4) is 0 Å². The molecule has 4 rings (SSSR count). The summed E-state index contributed by atoms with van der Waals surface area (Å²) in [7, 11) is 1.56. The van der Waals surface area contributed by atoms with Crippen LogP contribution in [0.4, 0.5) is 10.8 Å². The van der Waals surface area contributed by atoms with E-state index in [1.54, 1.807) is 25.3 Å². The number of carbonyl (C=O) groups excluding carboxylic acids is 1. The predicted octanol–water partition coefficient (Wildman–Crippen LogP) is 4.11. The van der Waals surface area contributed by atoms with Crippen LogP contribution in [0.15, 0.2) is 76.9 Å². The van der Waals surface area contributed by atoms with E-state index in [4.69, 9.17) is 4.74 Å². The van der Waals surface area contributed by atoms with Crippen LogP contribution < -0.4 is 15.2 Å². The lowest BCUT2D eigenvalue weighted by Crippen LogP contribution is -2.24. The van der Waals surface area contributed by atoms with Crippen molar-refractivity contribution >= 4 is 28.1 Å². The average molecular weight is 433 g/mol. The number of thiazole rings is 1. The second kappa shape index (κ2) is 8.93. The van der Waals surface area contributed by atoms with E-state index >= 15 is 0 Å². The first-order chi connectivity index (χ1) is 15.1. The molecule has 0 aliphatic heterocycles. The Bertz CT molecular complexity index is 1270. The van der Waals surface area contributed by atoms with Crippen molar-refractivity contribution in [2.24, 2.45) is 0 Å². The SMILES string of the molecule is COc1ccccc1N(C(C)=O)c1nc(Cn2nc(-c3ccccc3)ccc2=O)cs1. The molecule has 0 aliphatic rings. The Balaban J connectivity index is 1.65. The zero-order valence-electron chi connectivity index (χ0n) is 17.1. The van der Waals surface area contributed by atoms with Gasteiger partial charge in [-0.1, -0.05) is 42.5 Å². The second-order valence-electron chi connectivity index (χ2n) is 6.73. The van der Waals surface area contributed by atoms with Crippen molar-refractivity contribution in [1.82, 2.24) is 14.8 Å². The van der Waals surface area contributed by atoms with Gasteiger partial charge in [-0.25, -0.2) is 9.67 Å². The van der Waals surface area contributed by atoms with Crippen LogP contribution >= 0.6 is 11.3 Å². The van der Waals surface area contributed by atoms with Crippen molar-refractivity contribution in [2.45, 2.75) is 13.5 Å². The van der Waals surface area contributed by atoms with Gasteiger partial charge in [-0.05, 0) is 18.2 Å². The number of para-hydroxylation sites is 2. The molecule has 2 aromatic heterocycles. The molecular formula is C23H20N4O3S. The number of benzene rings is 2. The van der Waals surface area contributed by atoms with Crippen molar-refractivity contribution in [2.75, 3.05) is 12.0 Å². The fourth-order valence-corrected chi connectivity index (χ4v) is 4.04. The number of methoxy groups -OCH3 is 1. The maximum absolute atomic E-state index is 12.4. The van der Waals surface area contributed by atoms with Crippen molar-refractivity contribution in [3.63, 3.8) is 0 Å². The number of anilines is 2. The number of amides is 1. The Kier molecular flexibility index (Phi) is 5.90. The Morgan fingerprint density at radius 2 is 1.81 bits per heavy atom. The van der Waals surface area contributed by atoms with E-state index in [-0.39, 0.29) is 18.0 Å². The van der Waals surface area contributed by atoms with Gasteiger partial charge < -0.3 is 4.74 Å². The molecule has 0 saturated heterocycles. The summed E-state index contributed by atoms with van der Waals surface area (Å²) in [6.07, 6.45) is 0. The van der Waals surface area contributed by atoms with E-state index in [9.17, 15) is 9.59 Å². The second-order valence-corrected chi connectivity index (χ2v) is 7.56. The first-order valence-corrected chi connectivity index (χ1v) is 10.5. The van der Waals surface area contributed by atoms with Crippen molar-refractivity contribution in [1.29, 1.82) is 0 Å². The van der Waals surface area contributed by atoms with Gasteiger partial charge in [-0.15, -0.1) is 11.3 Å². The van der Waals surface area contributed by atoms with Crippen molar-refractivity contribution in [3.8, 4) is 17.0 Å². The predicted molar refractivity (Wildman–Crippen MR) is 121 cm³/mol. The molecule has 8 heteroatoms. The number of carbonyl (C=O) groups is 1. The molecule has 4 aromatic rings. The Morgan fingerprint density at radius 3 is 2.55 bits per heavy atom. The van der Waals surface area contributed by atoms with E-state index in [0.29, 0.717) is 28.0 Å². The van der Waals surface area contributed by atoms with Gasteiger partial charge in [0.05, 0.1) is 30.7 Å². The number of rotatable bonds is 6. The normalized spacial score (nSPS) is 10.6. The molecule has 0 spiro atoms. The summed E-state index contributed by atoms with van der Waals surface area (Å²) < 4.78 is 6.78. The van der Waals surface area contributed by atoms with Gasteiger partial charge in [-0.3, -0.25) is 14.5 Å². The largest absolute Gasteiger partial charge is 0.495 e. The zero-order valence-corrected chi connectivity index (χ0v) is 17.9. The minimum absolute atomic E-state index is 0.188. The lowest BCUT2D eigenvalue weighted by Gasteiger charge is -2.20. The number of nitrogens with zero attached hydrogens (tertiary/aromatic N) is 4. The lowest BCUT2D eigenvalue weighted by molar-refractivity contribution is -0.115. The van der Waals surface area contributed by atoms with Crippen LogP contribution in [-0.4, -0.2) is 27.8 Å². The van der Waals surface area contributed by atoms with Gasteiger partial charge in [0.2, 0.25) is 5.91 Å². The lowest BCUT2D eigenvalue weighted by atomic mass is 10.1. The molecule has 0 aliphatic carbocycles. The summed E-state index contributed by atoms with van der Waals surface area (Å²) in [5.41, 5.74) is 2.66.